The molecule has 0 bridgehead atoms. The number of anilines is 2. The predicted octanol–water partition coefficient (Wildman–Crippen LogP) is 9.92. The lowest BCUT2D eigenvalue weighted by Gasteiger charge is -2.42. The highest BCUT2D eigenvalue weighted by molar-refractivity contribution is 9.10. The number of cyclic esters (lactones) is 2. The zero-order chi connectivity index (χ0) is 39.6. The van der Waals surface area contributed by atoms with Gasteiger partial charge in [-0.1, -0.05) is 62.7 Å². The number of benzene rings is 4. The van der Waals surface area contributed by atoms with E-state index in [0.717, 1.165) is 9.80 Å². The maximum Gasteiger partial charge on any atom is 0.436 e. The third-order valence-electron chi connectivity index (χ3n) is 8.67. The van der Waals surface area contributed by atoms with Crippen molar-refractivity contribution in [1.82, 2.24) is 0 Å². The van der Waals surface area contributed by atoms with Crippen LogP contribution in [-0.4, -0.2) is 50.5 Å². The van der Waals surface area contributed by atoms with Crippen molar-refractivity contribution in [2.75, 3.05) is 30.6 Å². The van der Waals surface area contributed by atoms with Crippen LogP contribution in [0.1, 0.15) is 22.3 Å². The zero-order valence-electron chi connectivity index (χ0n) is 28.3. The SMILES string of the molecule is C=CC1(C(F)(F)F)OC(=O)N(Cc2ccc(OC)cc2)c2ccc(Br)cc21.COc1ccc(CN2C(=O)OC(CO)(C(F)(F)F)c3cc(Br)ccc32)cc1. The molecule has 4 aromatic carbocycles. The topological polar surface area (TPSA) is 97.8 Å². The smallest absolute Gasteiger partial charge is 0.436 e. The second-order valence-electron chi connectivity index (χ2n) is 11.8. The first kappa shape index (κ1) is 40.4. The van der Waals surface area contributed by atoms with E-state index in [0.29, 0.717) is 37.6 Å². The van der Waals surface area contributed by atoms with E-state index in [2.05, 4.69) is 38.4 Å². The monoisotopic (exact) mass is 886 g/mol. The number of alkyl halides is 6. The highest BCUT2D eigenvalue weighted by Gasteiger charge is 2.63. The molecule has 2 amide bonds. The van der Waals surface area contributed by atoms with Crippen LogP contribution in [0.2, 0.25) is 0 Å². The van der Waals surface area contributed by atoms with Crippen LogP contribution in [0.15, 0.2) is 107 Å². The van der Waals surface area contributed by atoms with Crippen LogP contribution in [-0.2, 0) is 33.8 Å². The van der Waals surface area contributed by atoms with Gasteiger partial charge >= 0.3 is 24.5 Å². The number of hydrogen-bond acceptors (Lipinski definition) is 7. The van der Waals surface area contributed by atoms with E-state index in [4.69, 9.17) is 18.9 Å². The third-order valence-corrected chi connectivity index (χ3v) is 9.66. The Kier molecular flexibility index (Phi) is 11.6. The maximum atomic E-state index is 13.8. The van der Waals surface area contributed by atoms with Crippen LogP contribution in [0.4, 0.5) is 47.3 Å². The van der Waals surface area contributed by atoms with Gasteiger partial charge in [0.05, 0.1) is 45.3 Å². The van der Waals surface area contributed by atoms with E-state index >= 15 is 0 Å². The Hall–Kier alpha value is -4.74. The fourth-order valence-corrected chi connectivity index (χ4v) is 6.56. The normalized spacial score (nSPS) is 19.4. The van der Waals surface area contributed by atoms with E-state index < -0.39 is 42.3 Å². The summed E-state index contributed by atoms with van der Waals surface area (Å²) in [5.74, 6) is 1.24. The summed E-state index contributed by atoms with van der Waals surface area (Å²) in [5, 5.41) is 9.52. The average molecular weight is 888 g/mol. The standard InChI is InChI=1S/C19H15BrF3NO3.C18H15BrF3NO4/c1-3-18(19(21,22)23)15-10-13(20)6-9-16(15)24(17(25)27-18)11-12-4-7-14(26-2)8-5-12;1-26-13-5-2-11(3-6-13)9-23-15-7-4-12(19)8-14(15)17(10-24,18(20,21)22)27-16(23)25/h3-10H,1,11H2,2H3;2-8,24H,9-10H2,1H3. The molecule has 0 saturated heterocycles. The second kappa shape index (κ2) is 15.5. The summed E-state index contributed by atoms with van der Waals surface area (Å²) in [4.78, 5) is 27.2. The van der Waals surface area contributed by atoms with Crippen molar-refractivity contribution < 1.29 is 60.0 Å². The summed E-state index contributed by atoms with van der Waals surface area (Å²) in [6.45, 7) is 1.90. The molecule has 4 aromatic rings. The molecule has 0 spiro atoms. The van der Waals surface area contributed by atoms with Crippen LogP contribution >= 0.6 is 31.9 Å². The molecule has 9 nitrogen and oxygen atoms in total. The summed E-state index contributed by atoms with van der Waals surface area (Å²) in [7, 11) is 3.04. The molecular formula is C37H30Br2F6N2O7. The van der Waals surface area contributed by atoms with Gasteiger partial charge in [-0.25, -0.2) is 9.59 Å². The second-order valence-corrected chi connectivity index (χ2v) is 13.7. The fraction of sp³-hybridized carbons (Fsp3) is 0.243. The molecule has 54 heavy (non-hydrogen) atoms. The average Bonchev–Trinajstić information content (AvgIpc) is 3.13. The van der Waals surface area contributed by atoms with Gasteiger partial charge in [0.25, 0.3) is 11.2 Å². The largest absolute Gasteiger partial charge is 0.497 e. The van der Waals surface area contributed by atoms with Crippen molar-refractivity contribution in [1.29, 1.82) is 0 Å². The molecule has 6 rings (SSSR count). The summed E-state index contributed by atoms with van der Waals surface area (Å²) >= 11 is 6.32. The molecule has 2 aliphatic heterocycles. The quantitative estimate of drug-likeness (QED) is 0.139. The summed E-state index contributed by atoms with van der Waals surface area (Å²) in [6.07, 6.45) is -11.5. The van der Waals surface area contributed by atoms with E-state index in [-0.39, 0.29) is 35.6 Å². The van der Waals surface area contributed by atoms with Crippen molar-refractivity contribution in [2.24, 2.45) is 0 Å². The van der Waals surface area contributed by atoms with Crippen LogP contribution < -0.4 is 19.3 Å². The Bertz CT molecular complexity index is 2030. The van der Waals surface area contributed by atoms with Gasteiger partial charge in [-0.3, -0.25) is 9.80 Å². The summed E-state index contributed by atoms with van der Waals surface area (Å²) in [6, 6.07) is 22.0. The third kappa shape index (κ3) is 7.61. The van der Waals surface area contributed by atoms with E-state index in [9.17, 15) is 41.0 Å². The minimum absolute atomic E-state index is 0.00315. The minimum atomic E-state index is -4.99. The highest BCUT2D eigenvalue weighted by Crippen LogP contribution is 2.52. The Morgan fingerprint density at radius 3 is 1.52 bits per heavy atom. The first-order valence-corrected chi connectivity index (χ1v) is 17.3. The molecule has 2 aliphatic rings. The fourth-order valence-electron chi connectivity index (χ4n) is 5.83. The van der Waals surface area contributed by atoms with Crippen molar-refractivity contribution in [3.05, 3.63) is 129 Å². The van der Waals surface area contributed by atoms with Crippen molar-refractivity contribution in [2.45, 2.75) is 36.6 Å². The number of fused-ring (bicyclic) bond motifs is 2. The van der Waals surface area contributed by atoms with Crippen LogP contribution in [0.5, 0.6) is 11.5 Å². The van der Waals surface area contributed by atoms with E-state index in [1.165, 1.54) is 44.6 Å². The number of aliphatic hydroxyl groups excluding tert-OH is 1. The Morgan fingerprint density at radius 1 is 0.704 bits per heavy atom. The highest BCUT2D eigenvalue weighted by atomic mass is 79.9. The number of amides is 2. The predicted molar refractivity (Wildman–Crippen MR) is 192 cm³/mol. The molecular weight excluding hydrogens is 858 g/mol. The van der Waals surface area contributed by atoms with E-state index in [1.54, 1.807) is 54.6 Å². The van der Waals surface area contributed by atoms with Gasteiger partial charge in [0.2, 0.25) is 0 Å². The van der Waals surface area contributed by atoms with Gasteiger partial charge in [0.1, 0.15) is 11.5 Å². The molecule has 0 aromatic heterocycles. The number of methoxy groups -OCH3 is 2. The van der Waals surface area contributed by atoms with Crippen LogP contribution in [0.25, 0.3) is 0 Å². The van der Waals surface area contributed by atoms with Gasteiger partial charge in [-0.2, -0.15) is 26.3 Å². The number of carbonyl (C=O) groups is 2. The number of hydrogen-bond donors (Lipinski definition) is 1. The van der Waals surface area contributed by atoms with Crippen molar-refractivity contribution in [3.8, 4) is 11.5 Å². The minimum Gasteiger partial charge on any atom is -0.497 e. The maximum absolute atomic E-state index is 13.8. The molecule has 0 aliphatic carbocycles. The molecule has 1 N–H and O–H groups in total. The van der Waals surface area contributed by atoms with Crippen molar-refractivity contribution in [3.63, 3.8) is 0 Å². The van der Waals surface area contributed by atoms with E-state index in [1.807, 2.05) is 0 Å². The van der Waals surface area contributed by atoms with Gasteiger partial charge in [0, 0.05) is 20.1 Å². The first-order chi connectivity index (χ1) is 25.4. The number of rotatable bonds is 8. The Balaban J connectivity index is 0.000000208. The molecule has 2 heterocycles. The molecule has 0 radical (unpaired) electrons. The lowest BCUT2D eigenvalue weighted by Crippen LogP contribution is -2.55. The van der Waals surface area contributed by atoms with Crippen LogP contribution in [0, 0.1) is 0 Å². The molecule has 286 valence electrons. The zero-order valence-corrected chi connectivity index (χ0v) is 31.5. The lowest BCUT2D eigenvalue weighted by molar-refractivity contribution is -0.276. The molecule has 0 saturated carbocycles. The van der Waals surface area contributed by atoms with Gasteiger partial charge in [-0.15, -0.1) is 0 Å². The Labute approximate surface area is 321 Å². The Morgan fingerprint density at radius 2 is 1.13 bits per heavy atom. The molecule has 2 atom stereocenters. The molecule has 0 fully saturated rings. The van der Waals surface area contributed by atoms with Gasteiger partial charge in [0.15, 0.2) is 0 Å². The number of ether oxygens (including phenoxy) is 4. The number of halogens is 8. The molecule has 2 unspecified atom stereocenters. The molecule has 17 heteroatoms. The van der Waals surface area contributed by atoms with Gasteiger partial charge in [-0.05, 0) is 77.9 Å². The van der Waals surface area contributed by atoms with Crippen LogP contribution in [0.3, 0.4) is 0 Å². The van der Waals surface area contributed by atoms with Gasteiger partial charge < -0.3 is 24.1 Å². The van der Waals surface area contributed by atoms with Crippen molar-refractivity contribution >= 4 is 55.4 Å². The lowest BCUT2D eigenvalue weighted by atomic mass is 9.89. The first-order valence-electron chi connectivity index (χ1n) is 15.7. The summed E-state index contributed by atoms with van der Waals surface area (Å²) in [5.41, 5.74) is -5.03. The number of nitrogens with zero attached hydrogens (tertiary/aromatic N) is 2. The number of carbonyl (C=O) groups excluding carboxylic acids is 2. The number of aliphatic hydroxyl groups is 1. The summed E-state index contributed by atoms with van der Waals surface area (Å²) < 4.78 is 103.